The lowest BCUT2D eigenvalue weighted by Crippen LogP contribution is -2.04. The Hall–Kier alpha value is -1.35. The molecule has 1 N–H and O–H groups in total. The Labute approximate surface area is 89.3 Å². The second kappa shape index (κ2) is 4.03. The molecule has 0 saturated heterocycles. The molecule has 15 heavy (non-hydrogen) atoms. The van der Waals surface area contributed by atoms with Crippen LogP contribution in [0.5, 0.6) is 0 Å². The highest BCUT2D eigenvalue weighted by molar-refractivity contribution is 5.82. The average Bonchev–Trinajstić information content (AvgIpc) is 2.56. The normalized spacial score (nSPS) is 11.1. The second-order valence-corrected chi connectivity index (χ2v) is 3.76. The Morgan fingerprint density at radius 1 is 1.40 bits per heavy atom. The minimum Gasteiger partial charge on any atom is -0.396 e. The molecule has 0 aliphatic heterocycles. The number of benzene rings is 1. The van der Waals surface area contributed by atoms with E-state index in [2.05, 4.69) is 37.1 Å². The van der Waals surface area contributed by atoms with E-state index in [-0.39, 0.29) is 6.61 Å². The largest absolute Gasteiger partial charge is 0.396 e. The molecule has 0 amide bonds. The number of hydrogen-bond donors (Lipinski definition) is 1. The molecule has 0 radical (unpaired) electrons. The van der Waals surface area contributed by atoms with E-state index in [4.69, 9.17) is 5.11 Å². The molecule has 0 saturated carbocycles. The van der Waals surface area contributed by atoms with Gasteiger partial charge in [-0.3, -0.25) is 4.68 Å². The number of aryl methyl sites for hydroxylation is 2. The zero-order chi connectivity index (χ0) is 10.8. The molecule has 0 aliphatic carbocycles. The first kappa shape index (κ1) is 10.2. The van der Waals surface area contributed by atoms with Crippen molar-refractivity contribution in [2.45, 2.75) is 26.8 Å². The third-order valence-corrected chi connectivity index (χ3v) is 2.65. The van der Waals surface area contributed by atoms with Gasteiger partial charge < -0.3 is 5.11 Å². The Balaban J connectivity index is 2.63. The van der Waals surface area contributed by atoms with Crippen LogP contribution >= 0.6 is 0 Å². The SMILES string of the molecule is CCn1nc2cc(C)ccc2c1CCO. The molecule has 1 aromatic heterocycles. The fourth-order valence-electron chi connectivity index (χ4n) is 1.93. The predicted molar refractivity (Wildman–Crippen MR) is 60.9 cm³/mol. The molecule has 2 rings (SSSR count). The standard InChI is InChI=1S/C12H16N2O/c1-3-14-12(6-7-15)10-5-4-9(2)8-11(10)13-14/h4-5,8,15H,3,6-7H2,1-2H3. The van der Waals surface area contributed by atoms with Gasteiger partial charge in [-0.05, 0) is 25.5 Å². The summed E-state index contributed by atoms with van der Waals surface area (Å²) in [5.74, 6) is 0. The minimum absolute atomic E-state index is 0.175. The number of nitrogens with zero attached hydrogens (tertiary/aromatic N) is 2. The summed E-state index contributed by atoms with van der Waals surface area (Å²) in [6, 6.07) is 6.27. The van der Waals surface area contributed by atoms with Gasteiger partial charge in [0, 0.05) is 30.7 Å². The lowest BCUT2D eigenvalue weighted by atomic mass is 10.1. The third kappa shape index (κ3) is 1.75. The van der Waals surface area contributed by atoms with Gasteiger partial charge in [-0.2, -0.15) is 5.10 Å². The lowest BCUT2D eigenvalue weighted by molar-refractivity contribution is 0.296. The quantitative estimate of drug-likeness (QED) is 0.829. The van der Waals surface area contributed by atoms with Crippen LogP contribution in [0.4, 0.5) is 0 Å². The summed E-state index contributed by atoms with van der Waals surface area (Å²) in [5.41, 5.74) is 3.38. The zero-order valence-corrected chi connectivity index (χ0v) is 9.20. The Bertz CT molecular complexity index is 474. The van der Waals surface area contributed by atoms with Crippen LogP contribution in [0, 0.1) is 6.92 Å². The minimum atomic E-state index is 0.175. The van der Waals surface area contributed by atoms with Crippen molar-refractivity contribution in [2.24, 2.45) is 0 Å². The Kier molecular flexibility index (Phi) is 2.73. The summed E-state index contributed by atoms with van der Waals surface area (Å²) >= 11 is 0. The van der Waals surface area contributed by atoms with Crippen LogP contribution < -0.4 is 0 Å². The summed E-state index contributed by atoms with van der Waals surface area (Å²) in [6.45, 7) is 5.16. The van der Waals surface area contributed by atoms with Crippen LogP contribution in [-0.2, 0) is 13.0 Å². The van der Waals surface area contributed by atoms with Crippen molar-refractivity contribution < 1.29 is 5.11 Å². The molecule has 2 aromatic rings. The van der Waals surface area contributed by atoms with Crippen LogP contribution in [0.3, 0.4) is 0 Å². The van der Waals surface area contributed by atoms with Crippen molar-refractivity contribution in [1.29, 1.82) is 0 Å². The van der Waals surface area contributed by atoms with Crippen LogP contribution in [0.25, 0.3) is 10.9 Å². The van der Waals surface area contributed by atoms with E-state index in [9.17, 15) is 0 Å². The number of hydrogen-bond acceptors (Lipinski definition) is 2. The van der Waals surface area contributed by atoms with E-state index in [0.717, 1.165) is 23.1 Å². The van der Waals surface area contributed by atoms with E-state index in [1.54, 1.807) is 0 Å². The zero-order valence-electron chi connectivity index (χ0n) is 9.20. The Morgan fingerprint density at radius 2 is 2.20 bits per heavy atom. The molecule has 1 heterocycles. The predicted octanol–water partition coefficient (Wildman–Crippen LogP) is 1.90. The summed E-state index contributed by atoms with van der Waals surface area (Å²) in [7, 11) is 0. The molecular formula is C12H16N2O. The van der Waals surface area contributed by atoms with Crippen molar-refractivity contribution in [3.8, 4) is 0 Å². The smallest absolute Gasteiger partial charge is 0.0928 e. The third-order valence-electron chi connectivity index (χ3n) is 2.65. The molecule has 3 heteroatoms. The summed E-state index contributed by atoms with van der Waals surface area (Å²) < 4.78 is 1.97. The van der Waals surface area contributed by atoms with Crippen LogP contribution in [0.15, 0.2) is 18.2 Å². The molecule has 0 fully saturated rings. The average molecular weight is 204 g/mol. The van der Waals surface area contributed by atoms with Crippen molar-refractivity contribution >= 4 is 10.9 Å². The first-order valence-corrected chi connectivity index (χ1v) is 5.33. The number of aliphatic hydroxyl groups excluding tert-OH is 1. The first-order chi connectivity index (χ1) is 7.26. The van der Waals surface area contributed by atoms with Crippen molar-refractivity contribution in [3.63, 3.8) is 0 Å². The number of aliphatic hydroxyl groups is 1. The molecule has 0 bridgehead atoms. The number of aromatic nitrogens is 2. The van der Waals surface area contributed by atoms with Crippen LogP contribution in [0.1, 0.15) is 18.2 Å². The second-order valence-electron chi connectivity index (χ2n) is 3.76. The molecule has 80 valence electrons. The van der Waals surface area contributed by atoms with Crippen LogP contribution in [-0.4, -0.2) is 21.5 Å². The number of rotatable bonds is 3. The maximum absolute atomic E-state index is 9.03. The Morgan fingerprint density at radius 3 is 2.87 bits per heavy atom. The summed E-state index contributed by atoms with van der Waals surface area (Å²) in [6.07, 6.45) is 0.674. The first-order valence-electron chi connectivity index (χ1n) is 5.33. The van der Waals surface area contributed by atoms with Crippen molar-refractivity contribution in [1.82, 2.24) is 9.78 Å². The summed E-state index contributed by atoms with van der Waals surface area (Å²) in [5, 5.41) is 14.7. The van der Waals surface area contributed by atoms with Gasteiger partial charge in [-0.1, -0.05) is 12.1 Å². The summed E-state index contributed by atoms with van der Waals surface area (Å²) in [4.78, 5) is 0. The van der Waals surface area contributed by atoms with Gasteiger partial charge in [0.05, 0.1) is 5.52 Å². The molecule has 0 aliphatic rings. The molecule has 0 atom stereocenters. The number of fused-ring (bicyclic) bond motifs is 1. The lowest BCUT2D eigenvalue weighted by Gasteiger charge is -2.02. The maximum Gasteiger partial charge on any atom is 0.0928 e. The highest BCUT2D eigenvalue weighted by Gasteiger charge is 2.09. The molecular weight excluding hydrogens is 188 g/mol. The topological polar surface area (TPSA) is 38.0 Å². The van der Waals surface area contributed by atoms with E-state index < -0.39 is 0 Å². The molecule has 1 aromatic carbocycles. The monoisotopic (exact) mass is 204 g/mol. The molecule has 0 unspecified atom stereocenters. The fraction of sp³-hybridized carbons (Fsp3) is 0.417. The molecule has 0 spiro atoms. The van der Waals surface area contributed by atoms with Gasteiger partial charge in [0.2, 0.25) is 0 Å². The van der Waals surface area contributed by atoms with Gasteiger partial charge in [0.25, 0.3) is 0 Å². The van der Waals surface area contributed by atoms with Gasteiger partial charge in [0.15, 0.2) is 0 Å². The van der Waals surface area contributed by atoms with Gasteiger partial charge in [-0.15, -0.1) is 0 Å². The highest BCUT2D eigenvalue weighted by atomic mass is 16.3. The van der Waals surface area contributed by atoms with E-state index in [1.807, 2.05) is 4.68 Å². The molecule has 3 nitrogen and oxygen atoms in total. The van der Waals surface area contributed by atoms with E-state index >= 15 is 0 Å². The van der Waals surface area contributed by atoms with E-state index in [0.29, 0.717) is 6.42 Å². The fourth-order valence-corrected chi connectivity index (χ4v) is 1.93. The highest BCUT2D eigenvalue weighted by Crippen LogP contribution is 2.20. The maximum atomic E-state index is 9.03. The van der Waals surface area contributed by atoms with Crippen molar-refractivity contribution in [2.75, 3.05) is 6.61 Å². The van der Waals surface area contributed by atoms with Gasteiger partial charge in [-0.25, -0.2) is 0 Å². The van der Waals surface area contributed by atoms with Crippen molar-refractivity contribution in [3.05, 3.63) is 29.5 Å². The van der Waals surface area contributed by atoms with Gasteiger partial charge >= 0.3 is 0 Å². The van der Waals surface area contributed by atoms with Gasteiger partial charge in [0.1, 0.15) is 0 Å². The van der Waals surface area contributed by atoms with Crippen LogP contribution in [0.2, 0.25) is 0 Å². The van der Waals surface area contributed by atoms with E-state index in [1.165, 1.54) is 5.56 Å².